The van der Waals surface area contributed by atoms with Crippen LogP contribution in [-0.2, 0) is 6.54 Å². The Labute approximate surface area is 110 Å². The van der Waals surface area contributed by atoms with Crippen LogP contribution in [-0.4, -0.2) is 0 Å². The molecular formula is C14H13ClFNO. The van der Waals surface area contributed by atoms with Gasteiger partial charge in [-0.3, -0.25) is 0 Å². The maximum atomic E-state index is 13.7. The molecule has 0 aromatic heterocycles. The number of halogens is 2. The van der Waals surface area contributed by atoms with Gasteiger partial charge < -0.3 is 10.5 Å². The van der Waals surface area contributed by atoms with Gasteiger partial charge in [-0.1, -0.05) is 23.7 Å². The lowest BCUT2D eigenvalue weighted by Gasteiger charge is -2.10. The smallest absolute Gasteiger partial charge is 0.166 e. The lowest BCUT2D eigenvalue weighted by atomic mass is 10.2. The average molecular weight is 266 g/mol. The number of hydrogen-bond acceptors (Lipinski definition) is 2. The molecule has 2 N–H and O–H groups in total. The van der Waals surface area contributed by atoms with Gasteiger partial charge in [0, 0.05) is 11.6 Å². The first-order chi connectivity index (χ1) is 8.60. The van der Waals surface area contributed by atoms with Crippen molar-refractivity contribution < 1.29 is 9.13 Å². The molecule has 0 atom stereocenters. The molecular weight excluding hydrogens is 253 g/mol. The van der Waals surface area contributed by atoms with Crippen LogP contribution in [0.25, 0.3) is 0 Å². The summed E-state index contributed by atoms with van der Waals surface area (Å²) in [6.07, 6.45) is 0. The molecule has 2 rings (SSSR count). The molecule has 0 aliphatic carbocycles. The Bertz CT molecular complexity index is 572. The fraction of sp³-hybridized carbons (Fsp3) is 0.143. The Balaban J connectivity index is 2.31. The first-order valence-corrected chi connectivity index (χ1v) is 5.90. The summed E-state index contributed by atoms with van der Waals surface area (Å²) >= 11 is 5.88. The van der Waals surface area contributed by atoms with Gasteiger partial charge in [0.25, 0.3) is 0 Å². The number of rotatable bonds is 3. The number of aryl methyl sites for hydroxylation is 1. The molecule has 0 spiro atoms. The average Bonchev–Trinajstić information content (AvgIpc) is 2.36. The lowest BCUT2D eigenvalue weighted by molar-refractivity contribution is 0.439. The molecule has 0 saturated heterocycles. The summed E-state index contributed by atoms with van der Waals surface area (Å²) in [6.45, 7) is 2.17. The molecule has 0 unspecified atom stereocenters. The summed E-state index contributed by atoms with van der Waals surface area (Å²) in [5.74, 6) is 0.275. The highest BCUT2D eigenvalue weighted by atomic mass is 35.5. The van der Waals surface area contributed by atoms with Crippen LogP contribution in [0.15, 0.2) is 36.4 Å². The van der Waals surface area contributed by atoms with E-state index in [1.807, 2.05) is 13.0 Å². The van der Waals surface area contributed by atoms with E-state index in [0.29, 0.717) is 17.3 Å². The third-order valence-corrected chi connectivity index (χ3v) is 2.84. The summed E-state index contributed by atoms with van der Waals surface area (Å²) in [5.41, 5.74) is 7.06. The molecule has 4 heteroatoms. The largest absolute Gasteiger partial charge is 0.454 e. The van der Waals surface area contributed by atoms with E-state index in [4.69, 9.17) is 22.1 Å². The van der Waals surface area contributed by atoms with Crippen molar-refractivity contribution >= 4 is 11.6 Å². The predicted octanol–water partition coefficient (Wildman–Crippen LogP) is 4.04. The lowest BCUT2D eigenvalue weighted by Crippen LogP contribution is -1.98. The minimum Gasteiger partial charge on any atom is -0.454 e. The van der Waals surface area contributed by atoms with Gasteiger partial charge in [-0.15, -0.1) is 0 Å². The van der Waals surface area contributed by atoms with Crippen molar-refractivity contribution in [3.8, 4) is 11.5 Å². The fourth-order valence-electron chi connectivity index (χ4n) is 1.56. The maximum Gasteiger partial charge on any atom is 0.166 e. The first kappa shape index (κ1) is 12.9. The second-order valence-electron chi connectivity index (χ2n) is 3.98. The van der Waals surface area contributed by atoms with Crippen molar-refractivity contribution in [3.63, 3.8) is 0 Å². The molecule has 0 aliphatic rings. The van der Waals surface area contributed by atoms with Crippen LogP contribution in [0.2, 0.25) is 5.02 Å². The third kappa shape index (κ3) is 2.81. The van der Waals surface area contributed by atoms with Gasteiger partial charge in [0.15, 0.2) is 11.6 Å². The van der Waals surface area contributed by atoms with Crippen molar-refractivity contribution in [3.05, 3.63) is 58.4 Å². The zero-order valence-corrected chi connectivity index (χ0v) is 10.7. The molecule has 94 valence electrons. The van der Waals surface area contributed by atoms with Gasteiger partial charge in [0.2, 0.25) is 0 Å². The third-order valence-electron chi connectivity index (χ3n) is 2.60. The van der Waals surface area contributed by atoms with E-state index in [-0.39, 0.29) is 5.75 Å². The van der Waals surface area contributed by atoms with Crippen LogP contribution in [0.4, 0.5) is 4.39 Å². The zero-order chi connectivity index (χ0) is 13.1. The Morgan fingerprint density at radius 1 is 1.17 bits per heavy atom. The molecule has 0 bridgehead atoms. The molecule has 0 fully saturated rings. The van der Waals surface area contributed by atoms with E-state index in [1.165, 1.54) is 6.07 Å². The van der Waals surface area contributed by atoms with E-state index in [0.717, 1.165) is 11.1 Å². The van der Waals surface area contributed by atoms with Gasteiger partial charge in [-0.05, 0) is 42.3 Å². The standard InChI is InChI=1S/C14H13ClFNO/c1-9-2-4-11(15)7-14(9)18-13-5-3-10(8-17)6-12(13)16/h2-7H,8,17H2,1H3. The number of hydrogen-bond donors (Lipinski definition) is 1. The minimum absolute atomic E-state index is 0.164. The quantitative estimate of drug-likeness (QED) is 0.909. The molecule has 0 heterocycles. The van der Waals surface area contributed by atoms with E-state index >= 15 is 0 Å². The van der Waals surface area contributed by atoms with Crippen LogP contribution in [0.5, 0.6) is 11.5 Å². The highest BCUT2D eigenvalue weighted by Crippen LogP contribution is 2.29. The van der Waals surface area contributed by atoms with E-state index < -0.39 is 5.82 Å². The van der Waals surface area contributed by atoms with Gasteiger partial charge in [-0.2, -0.15) is 0 Å². The summed E-state index contributed by atoms with van der Waals surface area (Å²) in [7, 11) is 0. The Morgan fingerprint density at radius 2 is 1.94 bits per heavy atom. The second kappa shape index (κ2) is 5.38. The van der Waals surface area contributed by atoms with Crippen molar-refractivity contribution in [2.45, 2.75) is 13.5 Å². The van der Waals surface area contributed by atoms with Gasteiger partial charge in [-0.25, -0.2) is 4.39 Å². The normalized spacial score (nSPS) is 10.4. The van der Waals surface area contributed by atoms with Crippen molar-refractivity contribution in [1.82, 2.24) is 0 Å². The van der Waals surface area contributed by atoms with Crippen LogP contribution < -0.4 is 10.5 Å². The van der Waals surface area contributed by atoms with Crippen LogP contribution in [0.1, 0.15) is 11.1 Å². The van der Waals surface area contributed by atoms with Crippen LogP contribution in [0.3, 0.4) is 0 Å². The fourth-order valence-corrected chi connectivity index (χ4v) is 1.72. The Kier molecular flexibility index (Phi) is 3.84. The van der Waals surface area contributed by atoms with Crippen LogP contribution in [0, 0.1) is 12.7 Å². The maximum absolute atomic E-state index is 13.7. The van der Waals surface area contributed by atoms with E-state index in [1.54, 1.807) is 24.3 Å². The molecule has 0 amide bonds. The SMILES string of the molecule is Cc1ccc(Cl)cc1Oc1ccc(CN)cc1F. The summed E-state index contributed by atoms with van der Waals surface area (Å²) in [4.78, 5) is 0. The number of ether oxygens (including phenoxy) is 1. The first-order valence-electron chi connectivity index (χ1n) is 5.52. The zero-order valence-electron chi connectivity index (χ0n) is 9.91. The van der Waals surface area contributed by atoms with Crippen molar-refractivity contribution in [1.29, 1.82) is 0 Å². The van der Waals surface area contributed by atoms with Crippen LogP contribution >= 0.6 is 11.6 Å². The molecule has 18 heavy (non-hydrogen) atoms. The molecule has 2 aromatic carbocycles. The summed E-state index contributed by atoms with van der Waals surface area (Å²) in [5, 5.41) is 0.551. The summed E-state index contributed by atoms with van der Waals surface area (Å²) in [6, 6.07) is 9.92. The highest BCUT2D eigenvalue weighted by Gasteiger charge is 2.08. The number of nitrogens with two attached hydrogens (primary N) is 1. The Hall–Kier alpha value is -1.58. The second-order valence-corrected chi connectivity index (χ2v) is 4.42. The monoisotopic (exact) mass is 265 g/mol. The Morgan fingerprint density at radius 3 is 2.61 bits per heavy atom. The molecule has 0 aliphatic heterocycles. The highest BCUT2D eigenvalue weighted by molar-refractivity contribution is 6.30. The number of benzene rings is 2. The van der Waals surface area contributed by atoms with Gasteiger partial charge in [0.05, 0.1) is 0 Å². The molecule has 0 radical (unpaired) electrons. The minimum atomic E-state index is -0.433. The van der Waals surface area contributed by atoms with E-state index in [2.05, 4.69) is 0 Å². The molecule has 0 saturated carbocycles. The van der Waals surface area contributed by atoms with Crippen molar-refractivity contribution in [2.75, 3.05) is 0 Å². The van der Waals surface area contributed by atoms with E-state index in [9.17, 15) is 4.39 Å². The van der Waals surface area contributed by atoms with Gasteiger partial charge >= 0.3 is 0 Å². The topological polar surface area (TPSA) is 35.2 Å². The summed E-state index contributed by atoms with van der Waals surface area (Å²) < 4.78 is 19.3. The molecule has 2 nitrogen and oxygen atoms in total. The van der Waals surface area contributed by atoms with Crippen molar-refractivity contribution in [2.24, 2.45) is 5.73 Å². The predicted molar refractivity (Wildman–Crippen MR) is 70.6 cm³/mol. The molecule has 2 aromatic rings. The van der Waals surface area contributed by atoms with Gasteiger partial charge in [0.1, 0.15) is 5.75 Å².